The molecule has 2 unspecified atom stereocenters. The molecule has 0 bridgehead atoms. The molecule has 1 fully saturated rings. The lowest BCUT2D eigenvalue weighted by molar-refractivity contribution is -0.141. The van der Waals surface area contributed by atoms with Crippen molar-refractivity contribution in [2.45, 2.75) is 142 Å². The molecular weight excluding hydrogens is 616 g/mol. The Hall–Kier alpha value is -2.97. The van der Waals surface area contributed by atoms with Gasteiger partial charge in [0.2, 0.25) is 18.7 Å². The molecule has 5 N–H and O–H groups in total. The highest BCUT2D eigenvalue weighted by molar-refractivity contribution is 5.82. The van der Waals surface area contributed by atoms with Crippen LogP contribution in [-0.2, 0) is 19.2 Å². The first kappa shape index (κ1) is 45.0. The number of hydrogen-bond acceptors (Lipinski definition) is 8. The average Bonchev–Trinajstić information content (AvgIpc) is 3.07. The van der Waals surface area contributed by atoms with E-state index in [-0.39, 0.29) is 36.5 Å². The summed E-state index contributed by atoms with van der Waals surface area (Å²) in [5.41, 5.74) is 3.28. The number of carboxylic acids is 1. The highest BCUT2D eigenvalue weighted by atomic mass is 16.4. The van der Waals surface area contributed by atoms with Gasteiger partial charge in [-0.2, -0.15) is 0 Å². The first-order valence-electron chi connectivity index (χ1n) is 17.0. The summed E-state index contributed by atoms with van der Waals surface area (Å²) in [6, 6.07) is -0.623. The molecule has 0 aromatic rings. The van der Waals surface area contributed by atoms with Gasteiger partial charge in [0.25, 0.3) is 0 Å². The van der Waals surface area contributed by atoms with Crippen molar-refractivity contribution in [3.8, 4) is 0 Å². The Morgan fingerprint density at radius 1 is 0.875 bits per heavy atom. The molecule has 14 nitrogen and oxygen atoms in total. The molecule has 0 aromatic carbocycles. The Labute approximate surface area is 296 Å². The van der Waals surface area contributed by atoms with Gasteiger partial charge >= 0.3 is 12.0 Å². The molecule has 1 aliphatic rings. The van der Waals surface area contributed by atoms with E-state index in [0.29, 0.717) is 0 Å². The second-order valence-electron chi connectivity index (χ2n) is 16.0. The molecule has 2 atom stereocenters. The number of carboxylic acid groups (broad SMARTS) is 1. The highest BCUT2D eigenvalue weighted by Crippen LogP contribution is 2.32. The van der Waals surface area contributed by atoms with Crippen molar-refractivity contribution >= 4 is 30.7 Å². The number of hydrogen-bond donors (Lipinski definition) is 4. The molecule has 0 saturated carbocycles. The summed E-state index contributed by atoms with van der Waals surface area (Å²) in [5.74, 6) is -0.885. The van der Waals surface area contributed by atoms with Crippen molar-refractivity contribution < 1.29 is 33.2 Å². The minimum absolute atomic E-state index is 0. The van der Waals surface area contributed by atoms with Crippen molar-refractivity contribution in [1.82, 2.24) is 35.1 Å². The van der Waals surface area contributed by atoms with Gasteiger partial charge < -0.3 is 36.2 Å². The molecule has 5 amide bonds. The van der Waals surface area contributed by atoms with Gasteiger partial charge in [-0.1, -0.05) is 0 Å². The summed E-state index contributed by atoms with van der Waals surface area (Å²) in [7, 11) is 12.1. The average molecular weight is 694 g/mol. The molecule has 1 heterocycles. The summed E-state index contributed by atoms with van der Waals surface area (Å²) in [5, 5.41) is 14.2. The van der Waals surface area contributed by atoms with Crippen LogP contribution in [0, 0.1) is 0 Å². The fourth-order valence-corrected chi connectivity index (χ4v) is 3.28. The lowest BCUT2D eigenvalue weighted by atomic mass is 9.81. The molecule has 0 radical (unpaired) electrons. The zero-order valence-electron chi connectivity index (χ0n) is 36.0. The Morgan fingerprint density at radius 3 is 1.40 bits per heavy atom. The Bertz CT molecular complexity index is 1170. The number of nitrogens with one attached hydrogen (secondary N) is 2. The number of aliphatic carboxylic acids is 1. The van der Waals surface area contributed by atoms with Crippen LogP contribution in [0.4, 0.5) is 4.79 Å². The second-order valence-corrected chi connectivity index (χ2v) is 16.0. The molecule has 14 heteroatoms. The SMILES string of the molecule is CC(C(=O)O)N(C)C.CN1C(=O)NC(C)(C)C1(C)C.[2HH].[2H]C(=O)N(C)C(C)(C)C(C)(C)N.[2H]C(=O)N(C)C(C)(C)C(C)(C)NC(=O)C(C)N(C)C. The third kappa shape index (κ3) is 13.1. The van der Waals surface area contributed by atoms with Crippen LogP contribution in [0.3, 0.4) is 0 Å². The standard InChI is InChI=1S/C13H27N3O2.C8H16N2O.C8H18N2O.C5H11NO2.H2/c1-10(15(6)7)11(18)14-12(2,3)13(4,5)16(8)9-17;1-7(2)8(3,4)10(5)6(11)9-7;1-7(2,9)8(3,4)10(5)6-11;1-4(5(7)8)6(2)3;/h9-10H,1-8H3,(H,14,18);1-5H3,(H,9,11);6H,9H2,1-5H3;4H,1-3H3,(H,7,8);1H/i9D;;6D;;1+1. The van der Waals surface area contributed by atoms with Gasteiger partial charge in [-0.3, -0.25) is 29.0 Å². The first-order chi connectivity index (χ1) is 21.8. The Morgan fingerprint density at radius 2 is 1.23 bits per heavy atom. The maximum Gasteiger partial charge on any atom is 0.320 e. The van der Waals surface area contributed by atoms with E-state index in [0.717, 1.165) is 0 Å². The second kappa shape index (κ2) is 18.1. The van der Waals surface area contributed by atoms with E-state index in [1.807, 2.05) is 102 Å². The van der Waals surface area contributed by atoms with Gasteiger partial charge in [0, 0.05) is 28.1 Å². The maximum absolute atomic E-state index is 12.1. The molecule has 1 saturated heterocycles. The zero-order chi connectivity index (χ0) is 41.3. The van der Waals surface area contributed by atoms with Gasteiger partial charge in [0.05, 0.1) is 33.7 Å². The lowest BCUT2D eigenvalue weighted by Gasteiger charge is -2.47. The molecule has 0 aromatic heterocycles. The number of nitrogens with zero attached hydrogens (tertiary/aromatic N) is 5. The Kier molecular flexibility index (Phi) is 17.0. The minimum Gasteiger partial charge on any atom is -0.480 e. The van der Waals surface area contributed by atoms with Crippen molar-refractivity contribution in [3.63, 3.8) is 0 Å². The molecule has 1 aliphatic heterocycles. The molecular formula is C34H74N8O6. The summed E-state index contributed by atoms with van der Waals surface area (Å²) < 4.78 is 14.2. The van der Waals surface area contributed by atoms with Crippen LogP contribution in [0.5, 0.6) is 0 Å². The zero-order valence-corrected chi connectivity index (χ0v) is 34.0. The van der Waals surface area contributed by atoms with Crippen LogP contribution in [0.25, 0.3) is 0 Å². The summed E-state index contributed by atoms with van der Waals surface area (Å²) in [6.07, 6.45) is -1.48. The fourth-order valence-electron chi connectivity index (χ4n) is 3.28. The van der Waals surface area contributed by atoms with Gasteiger partial charge in [-0.25, -0.2) is 4.79 Å². The van der Waals surface area contributed by atoms with Crippen LogP contribution in [0.1, 0.15) is 101 Å². The smallest absolute Gasteiger partial charge is 0.320 e. The van der Waals surface area contributed by atoms with Gasteiger partial charge in [-0.15, -0.1) is 0 Å². The normalized spacial score (nSPS) is 17.4. The minimum atomic E-state index is -0.782. The van der Waals surface area contributed by atoms with Crippen LogP contribution < -0.4 is 16.4 Å². The van der Waals surface area contributed by atoms with E-state index < -0.39 is 40.9 Å². The molecule has 286 valence electrons. The monoisotopic (exact) mass is 694 g/mol. The number of rotatable bonds is 9. The van der Waals surface area contributed by atoms with Crippen molar-refractivity contribution in [2.24, 2.45) is 5.73 Å². The first-order valence-corrected chi connectivity index (χ1v) is 16.0. The molecule has 0 aliphatic carbocycles. The third-order valence-electron chi connectivity index (χ3n) is 10.9. The fraction of sp³-hybridized carbons (Fsp3) is 0.853. The Balaban J connectivity index is -0.000000301. The summed E-state index contributed by atoms with van der Waals surface area (Å²) in [4.78, 5) is 63.3. The van der Waals surface area contributed by atoms with Crippen LogP contribution >= 0.6 is 0 Å². The third-order valence-corrected chi connectivity index (χ3v) is 10.9. The number of carbonyl (C=O) groups is 5. The number of amides is 5. The highest BCUT2D eigenvalue weighted by Gasteiger charge is 2.49. The number of urea groups is 1. The van der Waals surface area contributed by atoms with E-state index >= 15 is 0 Å². The number of carbonyl (C=O) groups excluding carboxylic acids is 4. The quantitative estimate of drug-likeness (QED) is 0.265. The van der Waals surface area contributed by atoms with E-state index in [4.69, 9.17) is 13.6 Å². The summed E-state index contributed by atoms with van der Waals surface area (Å²) >= 11 is 0. The predicted molar refractivity (Wildman–Crippen MR) is 197 cm³/mol. The maximum atomic E-state index is 12.1. The predicted octanol–water partition coefficient (Wildman–Crippen LogP) is 2.75. The molecule has 48 heavy (non-hydrogen) atoms. The van der Waals surface area contributed by atoms with Gasteiger partial charge in [-0.05, 0) is 125 Å². The topological polar surface area (TPSA) is 172 Å². The lowest BCUT2D eigenvalue weighted by Crippen LogP contribution is -2.65. The van der Waals surface area contributed by atoms with Gasteiger partial charge in [0.1, 0.15) is 8.78 Å². The van der Waals surface area contributed by atoms with Crippen molar-refractivity contribution in [1.29, 1.82) is 0 Å². The van der Waals surface area contributed by atoms with Crippen LogP contribution in [-0.4, -0.2) is 155 Å². The number of nitrogens with two attached hydrogens (primary N) is 1. The molecule has 1 rings (SSSR count). The van der Waals surface area contributed by atoms with Crippen LogP contribution in [0.2, 0.25) is 0 Å². The van der Waals surface area contributed by atoms with Crippen molar-refractivity contribution in [2.75, 3.05) is 49.3 Å². The van der Waals surface area contributed by atoms with E-state index in [9.17, 15) is 24.0 Å². The van der Waals surface area contributed by atoms with Gasteiger partial charge in [0.15, 0.2) is 0 Å². The van der Waals surface area contributed by atoms with Crippen LogP contribution in [0.15, 0.2) is 0 Å². The van der Waals surface area contributed by atoms with E-state index in [1.54, 1.807) is 44.9 Å². The molecule has 0 spiro atoms. The number of likely N-dealkylation sites (N-methyl/N-ethyl adjacent to an activating group) is 5. The summed E-state index contributed by atoms with van der Waals surface area (Å²) in [6.45, 7) is 26.4. The van der Waals surface area contributed by atoms with E-state index in [1.165, 1.54) is 9.80 Å². The van der Waals surface area contributed by atoms with Crippen molar-refractivity contribution in [3.05, 3.63) is 0 Å². The largest absolute Gasteiger partial charge is 0.480 e. The van der Waals surface area contributed by atoms with E-state index in [2.05, 4.69) is 24.5 Å².